The molecule has 3 heterocycles. The number of carbonyl (C=O) groups is 1. The number of nitrogens with one attached hydrogen (secondary N) is 1. The molecule has 2 aromatic carbocycles. The minimum Gasteiger partial charge on any atom is -0.462 e. The molecule has 0 saturated heterocycles. The summed E-state index contributed by atoms with van der Waals surface area (Å²) >= 11 is 1.31. The molecule has 0 aliphatic rings. The van der Waals surface area contributed by atoms with Crippen molar-refractivity contribution in [2.75, 3.05) is 6.61 Å². The van der Waals surface area contributed by atoms with Gasteiger partial charge in [-0.05, 0) is 19.1 Å². The van der Waals surface area contributed by atoms with E-state index in [1.165, 1.54) is 11.8 Å². The predicted molar refractivity (Wildman–Crippen MR) is 113 cm³/mol. The zero-order valence-electron chi connectivity index (χ0n) is 16.0. The molecular weight excluding hydrogens is 402 g/mol. The van der Waals surface area contributed by atoms with Gasteiger partial charge < -0.3 is 18.6 Å². The number of esters is 1. The van der Waals surface area contributed by atoms with Crippen molar-refractivity contribution in [1.29, 1.82) is 0 Å². The number of aromatic amines is 1. The SMILES string of the molecule is CCOC(=O)c1c(CSc2nnc(-c3c[nH]c4ccccc34)o2)oc2ccccc12. The maximum Gasteiger partial charge on any atom is 0.342 e. The normalized spacial score (nSPS) is 11.4. The second kappa shape index (κ2) is 7.72. The average Bonchev–Trinajstić information content (AvgIpc) is 3.48. The van der Waals surface area contributed by atoms with Gasteiger partial charge in [-0.3, -0.25) is 0 Å². The van der Waals surface area contributed by atoms with Crippen LogP contribution in [-0.2, 0) is 10.5 Å². The summed E-state index contributed by atoms with van der Waals surface area (Å²) in [6, 6.07) is 15.3. The van der Waals surface area contributed by atoms with Crippen molar-refractivity contribution in [3.63, 3.8) is 0 Å². The predicted octanol–water partition coefficient (Wildman–Crippen LogP) is 5.43. The van der Waals surface area contributed by atoms with Gasteiger partial charge in [0.1, 0.15) is 16.9 Å². The van der Waals surface area contributed by atoms with E-state index in [1.807, 2.05) is 54.7 Å². The summed E-state index contributed by atoms with van der Waals surface area (Å²) in [5.74, 6) is 0.915. The van der Waals surface area contributed by atoms with Crippen molar-refractivity contribution in [1.82, 2.24) is 15.2 Å². The highest BCUT2D eigenvalue weighted by molar-refractivity contribution is 7.98. The molecule has 150 valence electrons. The van der Waals surface area contributed by atoms with Gasteiger partial charge >= 0.3 is 5.97 Å². The number of furan rings is 1. The molecule has 0 unspecified atom stereocenters. The summed E-state index contributed by atoms with van der Waals surface area (Å²) in [6.07, 6.45) is 1.85. The molecule has 0 spiro atoms. The molecule has 1 N–H and O–H groups in total. The Labute approximate surface area is 175 Å². The van der Waals surface area contributed by atoms with Crippen LogP contribution in [0.3, 0.4) is 0 Å². The van der Waals surface area contributed by atoms with Gasteiger partial charge in [-0.2, -0.15) is 0 Å². The number of fused-ring (bicyclic) bond motifs is 2. The number of ether oxygens (including phenoxy) is 1. The van der Waals surface area contributed by atoms with Crippen LogP contribution in [0.4, 0.5) is 0 Å². The van der Waals surface area contributed by atoms with Crippen LogP contribution in [0.1, 0.15) is 23.0 Å². The summed E-state index contributed by atoms with van der Waals surface area (Å²) in [5.41, 5.74) is 2.93. The highest BCUT2D eigenvalue weighted by atomic mass is 32.2. The number of benzene rings is 2. The smallest absolute Gasteiger partial charge is 0.342 e. The number of nitrogens with zero attached hydrogens (tertiary/aromatic N) is 2. The van der Waals surface area contributed by atoms with Crippen LogP contribution >= 0.6 is 11.8 Å². The third-order valence-corrected chi connectivity index (χ3v) is 5.52. The van der Waals surface area contributed by atoms with Crippen molar-refractivity contribution >= 4 is 39.6 Å². The zero-order chi connectivity index (χ0) is 20.5. The zero-order valence-corrected chi connectivity index (χ0v) is 16.9. The van der Waals surface area contributed by atoms with E-state index in [2.05, 4.69) is 15.2 Å². The lowest BCUT2D eigenvalue weighted by Gasteiger charge is -2.02. The fourth-order valence-corrected chi connectivity index (χ4v) is 4.07. The number of thioether (sulfide) groups is 1. The molecule has 0 aliphatic heterocycles. The Hall–Kier alpha value is -3.52. The van der Waals surface area contributed by atoms with Gasteiger partial charge in [0, 0.05) is 22.5 Å². The second-order valence-electron chi connectivity index (χ2n) is 6.53. The maximum absolute atomic E-state index is 12.5. The molecule has 0 fully saturated rings. The molecule has 0 radical (unpaired) electrons. The second-order valence-corrected chi connectivity index (χ2v) is 7.45. The van der Waals surface area contributed by atoms with Crippen molar-refractivity contribution < 1.29 is 18.4 Å². The van der Waals surface area contributed by atoms with Crippen LogP contribution in [0, 0.1) is 0 Å². The monoisotopic (exact) mass is 419 g/mol. The first-order valence-electron chi connectivity index (χ1n) is 9.45. The van der Waals surface area contributed by atoms with Crippen molar-refractivity contribution in [3.8, 4) is 11.5 Å². The summed E-state index contributed by atoms with van der Waals surface area (Å²) in [5, 5.41) is 10.4. The Bertz CT molecular complexity index is 1350. The highest BCUT2D eigenvalue weighted by Gasteiger charge is 2.23. The molecule has 8 heteroatoms. The Morgan fingerprint density at radius 3 is 2.73 bits per heavy atom. The highest BCUT2D eigenvalue weighted by Crippen LogP contribution is 2.33. The van der Waals surface area contributed by atoms with Crippen molar-refractivity contribution in [2.45, 2.75) is 17.9 Å². The number of hydrogen-bond donors (Lipinski definition) is 1. The van der Waals surface area contributed by atoms with Crippen LogP contribution < -0.4 is 0 Å². The van der Waals surface area contributed by atoms with Crippen LogP contribution in [-0.4, -0.2) is 27.8 Å². The molecule has 5 rings (SSSR count). The topological polar surface area (TPSA) is 94.2 Å². The van der Waals surface area contributed by atoms with E-state index in [0.29, 0.717) is 40.4 Å². The Kier molecular flexibility index (Phi) is 4.76. The van der Waals surface area contributed by atoms with E-state index in [0.717, 1.165) is 21.9 Å². The standard InChI is InChI=1S/C22H17N3O4S/c1-2-27-21(26)19-14-8-4-6-10-17(14)28-18(19)12-30-22-25-24-20(29-22)15-11-23-16-9-5-3-7-13(15)16/h3-11,23H,2,12H2,1H3. The molecule has 0 atom stereocenters. The lowest BCUT2D eigenvalue weighted by atomic mass is 10.1. The first kappa shape index (κ1) is 18.5. The van der Waals surface area contributed by atoms with Crippen molar-refractivity contribution in [2.24, 2.45) is 0 Å². The third-order valence-electron chi connectivity index (χ3n) is 4.70. The van der Waals surface area contributed by atoms with Gasteiger partial charge in [-0.25, -0.2) is 4.79 Å². The summed E-state index contributed by atoms with van der Waals surface area (Å²) in [7, 11) is 0. The summed E-state index contributed by atoms with van der Waals surface area (Å²) in [4.78, 5) is 15.7. The van der Waals surface area contributed by atoms with Gasteiger partial charge in [0.25, 0.3) is 11.1 Å². The van der Waals surface area contributed by atoms with Crippen LogP contribution in [0.25, 0.3) is 33.3 Å². The van der Waals surface area contributed by atoms with E-state index < -0.39 is 5.97 Å². The molecule has 0 bridgehead atoms. The Morgan fingerprint density at radius 1 is 1.07 bits per heavy atom. The number of hydrogen-bond acceptors (Lipinski definition) is 7. The fourth-order valence-electron chi connectivity index (χ4n) is 3.38. The van der Waals surface area contributed by atoms with E-state index >= 15 is 0 Å². The van der Waals surface area contributed by atoms with Crippen LogP contribution in [0.5, 0.6) is 0 Å². The number of rotatable bonds is 6. The lowest BCUT2D eigenvalue weighted by Crippen LogP contribution is -2.06. The molecular formula is C22H17N3O4S. The summed E-state index contributed by atoms with van der Waals surface area (Å²) in [6.45, 7) is 2.07. The molecule has 3 aromatic heterocycles. The third kappa shape index (κ3) is 3.25. The Morgan fingerprint density at radius 2 is 1.87 bits per heavy atom. The van der Waals surface area contributed by atoms with E-state index in [4.69, 9.17) is 13.6 Å². The molecule has 30 heavy (non-hydrogen) atoms. The number of carbonyl (C=O) groups excluding carboxylic acids is 1. The van der Waals surface area contributed by atoms with Gasteiger partial charge in [0.05, 0.1) is 17.9 Å². The van der Waals surface area contributed by atoms with E-state index in [9.17, 15) is 4.79 Å². The van der Waals surface area contributed by atoms with Gasteiger partial charge in [0.15, 0.2) is 0 Å². The fraction of sp³-hybridized carbons (Fsp3) is 0.136. The van der Waals surface area contributed by atoms with Gasteiger partial charge in [0.2, 0.25) is 0 Å². The first-order valence-corrected chi connectivity index (χ1v) is 10.4. The van der Waals surface area contributed by atoms with E-state index in [-0.39, 0.29) is 0 Å². The minimum atomic E-state index is -0.400. The van der Waals surface area contributed by atoms with Crippen LogP contribution in [0.2, 0.25) is 0 Å². The molecule has 5 aromatic rings. The lowest BCUT2D eigenvalue weighted by molar-refractivity contribution is 0.0526. The number of H-pyrrole nitrogens is 1. The maximum atomic E-state index is 12.5. The number of aromatic nitrogens is 3. The van der Waals surface area contributed by atoms with Gasteiger partial charge in [-0.15, -0.1) is 10.2 Å². The van der Waals surface area contributed by atoms with Gasteiger partial charge in [-0.1, -0.05) is 48.2 Å². The molecule has 7 nitrogen and oxygen atoms in total. The minimum absolute atomic E-state index is 0.294. The Balaban J connectivity index is 1.41. The molecule has 0 amide bonds. The average molecular weight is 419 g/mol. The van der Waals surface area contributed by atoms with Crippen molar-refractivity contribution in [3.05, 3.63) is 66.1 Å². The quantitative estimate of drug-likeness (QED) is 0.289. The van der Waals surface area contributed by atoms with E-state index in [1.54, 1.807) is 6.92 Å². The molecule has 0 aliphatic carbocycles. The summed E-state index contributed by atoms with van der Waals surface area (Å²) < 4.78 is 17.0. The number of para-hydroxylation sites is 2. The van der Waals surface area contributed by atoms with Crippen LogP contribution in [0.15, 0.2) is 68.8 Å². The first-order chi connectivity index (χ1) is 14.7. The largest absolute Gasteiger partial charge is 0.462 e. The molecule has 0 saturated carbocycles.